The first-order valence-electron chi connectivity index (χ1n) is 5.71. The zero-order valence-corrected chi connectivity index (χ0v) is 10.4. The van der Waals surface area contributed by atoms with Crippen molar-refractivity contribution in [3.05, 3.63) is 30.1 Å². The topological polar surface area (TPSA) is 75.1 Å². The number of alkyl halides is 4. The molecular formula is C12H9F4N3O2. The van der Waals surface area contributed by atoms with E-state index in [0.717, 1.165) is 0 Å². The van der Waals surface area contributed by atoms with Crippen LogP contribution < -0.4 is 5.32 Å². The number of hydrogen-bond donors (Lipinski definition) is 2. The van der Waals surface area contributed by atoms with E-state index in [1.54, 1.807) is 12.1 Å². The van der Waals surface area contributed by atoms with E-state index in [1.165, 1.54) is 12.1 Å². The number of aromatic nitrogens is 2. The highest BCUT2D eigenvalue weighted by atomic mass is 19.3. The number of carboxylic acids is 1. The molecule has 0 radical (unpaired) electrons. The Bertz CT molecular complexity index is 679. The first-order chi connectivity index (χ1) is 9.81. The summed E-state index contributed by atoms with van der Waals surface area (Å²) in [6.45, 7) is -1.37. The van der Waals surface area contributed by atoms with Gasteiger partial charge >= 0.3 is 18.3 Å². The monoisotopic (exact) mass is 303 g/mol. The second-order valence-electron chi connectivity index (χ2n) is 4.13. The summed E-state index contributed by atoms with van der Waals surface area (Å²) in [4.78, 5) is 18.2. The predicted octanol–water partition coefficient (Wildman–Crippen LogP) is 2.64. The lowest BCUT2D eigenvalue weighted by atomic mass is 10.2. The summed E-state index contributed by atoms with van der Waals surface area (Å²) in [5, 5.41) is 11.2. The van der Waals surface area contributed by atoms with Gasteiger partial charge in [-0.2, -0.15) is 8.78 Å². The van der Waals surface area contributed by atoms with Gasteiger partial charge in [0.2, 0.25) is 5.82 Å². The van der Waals surface area contributed by atoms with E-state index in [4.69, 9.17) is 5.11 Å². The molecule has 5 nitrogen and oxygen atoms in total. The van der Waals surface area contributed by atoms with Crippen LogP contribution in [0, 0.1) is 0 Å². The molecular weight excluding hydrogens is 294 g/mol. The fourth-order valence-corrected chi connectivity index (χ4v) is 1.59. The van der Waals surface area contributed by atoms with Crippen LogP contribution >= 0.6 is 0 Å². The normalized spacial score (nSPS) is 11.9. The second kappa shape index (κ2) is 5.51. The molecule has 2 aromatic rings. The van der Waals surface area contributed by atoms with Gasteiger partial charge in [0, 0.05) is 5.39 Å². The third kappa shape index (κ3) is 3.18. The molecule has 0 fully saturated rings. The Kier molecular flexibility index (Phi) is 3.92. The first kappa shape index (κ1) is 14.9. The molecule has 2 rings (SSSR count). The Hall–Kier alpha value is -2.45. The van der Waals surface area contributed by atoms with Gasteiger partial charge < -0.3 is 10.4 Å². The minimum atomic E-state index is -4.25. The van der Waals surface area contributed by atoms with Crippen molar-refractivity contribution in [2.45, 2.75) is 12.3 Å². The standard InChI is InChI=1S/C12H9F4N3O2/c13-11(14)12(15,16)5-17-8-6-3-1-2-4-7(6)18-9(19-8)10(20)21/h1-4,11H,5H2,(H,20,21)(H,17,18,19). The quantitative estimate of drug-likeness (QED) is 0.831. The van der Waals surface area contributed by atoms with E-state index < -0.39 is 30.7 Å². The Labute approximate surface area is 115 Å². The predicted molar refractivity (Wildman–Crippen MR) is 65.9 cm³/mol. The number of nitrogens with zero attached hydrogens (tertiary/aromatic N) is 2. The van der Waals surface area contributed by atoms with Gasteiger partial charge in [-0.3, -0.25) is 0 Å². The Morgan fingerprint density at radius 3 is 2.57 bits per heavy atom. The summed E-state index contributed by atoms with van der Waals surface area (Å²) in [5.41, 5.74) is 0.202. The van der Waals surface area contributed by atoms with Gasteiger partial charge in [-0.1, -0.05) is 12.1 Å². The number of anilines is 1. The number of halogens is 4. The van der Waals surface area contributed by atoms with Crippen LogP contribution in [0.2, 0.25) is 0 Å². The van der Waals surface area contributed by atoms with Crippen LogP contribution in [-0.4, -0.2) is 39.9 Å². The molecule has 0 unspecified atom stereocenters. The number of aromatic carboxylic acids is 1. The molecule has 0 aliphatic heterocycles. The molecule has 0 aliphatic rings. The molecule has 21 heavy (non-hydrogen) atoms. The molecule has 2 N–H and O–H groups in total. The summed E-state index contributed by atoms with van der Waals surface area (Å²) < 4.78 is 50.1. The number of rotatable bonds is 5. The van der Waals surface area contributed by atoms with Gasteiger partial charge in [-0.25, -0.2) is 23.5 Å². The third-order valence-corrected chi connectivity index (χ3v) is 2.61. The van der Waals surface area contributed by atoms with Crippen molar-refractivity contribution >= 4 is 22.7 Å². The third-order valence-electron chi connectivity index (χ3n) is 2.61. The van der Waals surface area contributed by atoms with Gasteiger partial charge in [0.1, 0.15) is 5.82 Å². The van der Waals surface area contributed by atoms with Crippen molar-refractivity contribution in [1.82, 2.24) is 9.97 Å². The summed E-state index contributed by atoms with van der Waals surface area (Å²) in [7, 11) is 0. The zero-order chi connectivity index (χ0) is 15.6. The van der Waals surface area contributed by atoms with E-state index in [-0.39, 0.29) is 16.7 Å². The van der Waals surface area contributed by atoms with Crippen molar-refractivity contribution in [3.63, 3.8) is 0 Å². The summed E-state index contributed by atoms with van der Waals surface area (Å²) in [6, 6.07) is 6.05. The van der Waals surface area contributed by atoms with E-state index in [2.05, 4.69) is 15.3 Å². The highest BCUT2D eigenvalue weighted by Crippen LogP contribution is 2.25. The number of nitrogens with one attached hydrogen (secondary N) is 1. The second-order valence-corrected chi connectivity index (χ2v) is 4.13. The lowest BCUT2D eigenvalue weighted by molar-refractivity contribution is -0.117. The average molecular weight is 303 g/mol. The molecule has 0 spiro atoms. The maximum atomic E-state index is 12.9. The summed E-state index contributed by atoms with van der Waals surface area (Å²) >= 11 is 0. The van der Waals surface area contributed by atoms with Crippen LogP contribution in [0.4, 0.5) is 23.4 Å². The SMILES string of the molecule is O=C(O)c1nc(NCC(F)(F)C(F)F)c2ccccc2n1. The van der Waals surface area contributed by atoms with Gasteiger partial charge in [0.15, 0.2) is 0 Å². The maximum absolute atomic E-state index is 12.9. The van der Waals surface area contributed by atoms with Crippen LogP contribution in [0.25, 0.3) is 10.9 Å². The fraction of sp³-hybridized carbons (Fsp3) is 0.250. The minimum absolute atomic E-state index is 0.202. The molecule has 0 saturated heterocycles. The molecule has 0 bridgehead atoms. The van der Waals surface area contributed by atoms with Gasteiger partial charge in [0.05, 0.1) is 12.1 Å². The molecule has 0 atom stereocenters. The van der Waals surface area contributed by atoms with Crippen LogP contribution in [0.5, 0.6) is 0 Å². The smallest absolute Gasteiger partial charge is 0.374 e. The molecule has 0 amide bonds. The number of carbonyl (C=O) groups is 1. The Balaban J connectivity index is 2.40. The molecule has 0 aliphatic carbocycles. The van der Waals surface area contributed by atoms with Crippen LogP contribution in [0.3, 0.4) is 0 Å². The van der Waals surface area contributed by atoms with Crippen molar-refractivity contribution in [3.8, 4) is 0 Å². The largest absolute Gasteiger partial charge is 0.475 e. The molecule has 112 valence electrons. The van der Waals surface area contributed by atoms with E-state index in [0.29, 0.717) is 0 Å². The first-order valence-corrected chi connectivity index (χ1v) is 5.71. The van der Waals surface area contributed by atoms with E-state index in [1.807, 2.05) is 0 Å². The van der Waals surface area contributed by atoms with Gasteiger partial charge in [-0.05, 0) is 12.1 Å². The van der Waals surface area contributed by atoms with Crippen molar-refractivity contribution in [1.29, 1.82) is 0 Å². The molecule has 0 saturated carbocycles. The van der Waals surface area contributed by atoms with Crippen LogP contribution in [0.15, 0.2) is 24.3 Å². The number of benzene rings is 1. The zero-order valence-electron chi connectivity index (χ0n) is 10.4. The number of hydrogen-bond acceptors (Lipinski definition) is 4. The van der Waals surface area contributed by atoms with Crippen LogP contribution in [0.1, 0.15) is 10.6 Å². The number of fused-ring (bicyclic) bond motifs is 1. The van der Waals surface area contributed by atoms with Crippen LogP contribution in [-0.2, 0) is 0 Å². The molecule has 9 heteroatoms. The number of carboxylic acid groups (broad SMARTS) is 1. The molecule has 1 aromatic heterocycles. The maximum Gasteiger partial charge on any atom is 0.374 e. The van der Waals surface area contributed by atoms with Crippen molar-refractivity contribution < 1.29 is 27.5 Å². The lowest BCUT2D eigenvalue weighted by Crippen LogP contribution is -2.35. The lowest BCUT2D eigenvalue weighted by Gasteiger charge is -2.17. The highest BCUT2D eigenvalue weighted by Gasteiger charge is 2.40. The molecule has 1 aromatic carbocycles. The fourth-order valence-electron chi connectivity index (χ4n) is 1.59. The van der Waals surface area contributed by atoms with Gasteiger partial charge in [-0.15, -0.1) is 0 Å². The van der Waals surface area contributed by atoms with Gasteiger partial charge in [0.25, 0.3) is 0 Å². The Morgan fingerprint density at radius 1 is 1.29 bits per heavy atom. The van der Waals surface area contributed by atoms with E-state index >= 15 is 0 Å². The van der Waals surface area contributed by atoms with E-state index in [9.17, 15) is 22.4 Å². The van der Waals surface area contributed by atoms with Crippen molar-refractivity contribution in [2.75, 3.05) is 11.9 Å². The molecule has 1 heterocycles. The highest BCUT2D eigenvalue weighted by molar-refractivity contribution is 5.93. The average Bonchev–Trinajstić information content (AvgIpc) is 2.44. The minimum Gasteiger partial charge on any atom is -0.475 e. The number of para-hydroxylation sites is 1. The van der Waals surface area contributed by atoms with Crippen molar-refractivity contribution in [2.24, 2.45) is 0 Å². The summed E-state index contributed by atoms with van der Waals surface area (Å²) in [5.74, 6) is -6.56. The summed E-state index contributed by atoms with van der Waals surface area (Å²) in [6.07, 6.45) is -3.84. The Morgan fingerprint density at radius 2 is 1.95 bits per heavy atom.